The SMILES string of the molecule is CCCCCCC1=C(NC(=O)C(C(N)N)C2CC(C)(CCCC)/C=C\C(F)=C=N2)C(N2CCNC2)CCN1. The first kappa shape index (κ1) is 30.5. The van der Waals surface area contributed by atoms with Gasteiger partial charge in [-0.3, -0.25) is 9.69 Å². The van der Waals surface area contributed by atoms with E-state index < -0.39 is 24.0 Å². The summed E-state index contributed by atoms with van der Waals surface area (Å²) < 4.78 is 14.4. The molecule has 4 atom stereocenters. The van der Waals surface area contributed by atoms with Crippen LogP contribution in [0.4, 0.5) is 4.39 Å². The second kappa shape index (κ2) is 14.9. The fourth-order valence-corrected chi connectivity index (χ4v) is 5.91. The van der Waals surface area contributed by atoms with Gasteiger partial charge in [0.15, 0.2) is 5.83 Å². The molecule has 1 amide bonds. The smallest absolute Gasteiger partial charge is 0.232 e. The maximum Gasteiger partial charge on any atom is 0.232 e. The van der Waals surface area contributed by atoms with E-state index in [1.54, 1.807) is 0 Å². The van der Waals surface area contributed by atoms with Crippen molar-refractivity contribution in [3.05, 3.63) is 29.4 Å². The molecule has 0 spiro atoms. The van der Waals surface area contributed by atoms with Crippen LogP contribution in [0.1, 0.15) is 85.0 Å². The Hall–Kier alpha value is -2.03. The second-order valence-corrected chi connectivity index (χ2v) is 11.4. The van der Waals surface area contributed by atoms with Crippen molar-refractivity contribution >= 4 is 11.8 Å². The number of hydrogen-bond acceptors (Lipinski definition) is 7. The molecule has 3 rings (SSSR count). The Morgan fingerprint density at radius 2 is 2.05 bits per heavy atom. The van der Waals surface area contributed by atoms with Gasteiger partial charge in [0.2, 0.25) is 5.91 Å². The molecule has 9 heteroatoms. The Morgan fingerprint density at radius 3 is 2.74 bits per heavy atom. The summed E-state index contributed by atoms with van der Waals surface area (Å²) >= 11 is 0. The highest BCUT2D eigenvalue weighted by molar-refractivity contribution is 5.82. The normalized spacial score (nSPS) is 28.0. The van der Waals surface area contributed by atoms with E-state index in [2.05, 4.69) is 52.5 Å². The number of amides is 1. The van der Waals surface area contributed by atoms with Crippen molar-refractivity contribution < 1.29 is 9.18 Å². The number of nitrogens with one attached hydrogen (secondary N) is 3. The molecule has 4 unspecified atom stereocenters. The Bertz CT molecular complexity index is 905. The van der Waals surface area contributed by atoms with E-state index in [1.165, 1.54) is 18.9 Å². The Morgan fingerprint density at radius 1 is 1.26 bits per heavy atom. The molecule has 0 aromatic rings. The van der Waals surface area contributed by atoms with Gasteiger partial charge in [-0.15, -0.1) is 0 Å². The zero-order valence-electron chi connectivity index (χ0n) is 23.7. The third-order valence-electron chi connectivity index (χ3n) is 8.16. The minimum absolute atomic E-state index is 0.113. The average Bonchev–Trinajstić information content (AvgIpc) is 3.42. The third-order valence-corrected chi connectivity index (χ3v) is 8.16. The van der Waals surface area contributed by atoms with Crippen LogP contribution in [-0.4, -0.2) is 61.2 Å². The van der Waals surface area contributed by atoms with Gasteiger partial charge < -0.3 is 27.4 Å². The van der Waals surface area contributed by atoms with Crippen LogP contribution in [0.3, 0.4) is 0 Å². The Balaban J connectivity index is 1.89. The summed E-state index contributed by atoms with van der Waals surface area (Å²) in [5.74, 6) is 0.877. The summed E-state index contributed by atoms with van der Waals surface area (Å²) in [4.78, 5) is 20.8. The maximum absolute atomic E-state index is 14.4. The van der Waals surface area contributed by atoms with E-state index in [9.17, 15) is 9.18 Å². The number of hydrogen-bond donors (Lipinski definition) is 5. The van der Waals surface area contributed by atoms with Gasteiger partial charge in [-0.25, -0.2) is 4.99 Å². The van der Waals surface area contributed by atoms with Gasteiger partial charge in [0, 0.05) is 37.9 Å². The van der Waals surface area contributed by atoms with Gasteiger partial charge in [-0.05, 0) is 43.6 Å². The molecular formula is C29H50FN7O. The minimum atomic E-state index is -0.940. The molecule has 1 saturated heterocycles. The van der Waals surface area contributed by atoms with Crippen LogP contribution in [0.2, 0.25) is 0 Å². The summed E-state index contributed by atoms with van der Waals surface area (Å²) in [5, 5.41) is 10.3. The van der Waals surface area contributed by atoms with Gasteiger partial charge in [-0.1, -0.05) is 59.0 Å². The van der Waals surface area contributed by atoms with Crippen molar-refractivity contribution in [2.45, 2.75) is 103 Å². The molecule has 0 aromatic carbocycles. The zero-order valence-corrected chi connectivity index (χ0v) is 23.7. The molecule has 3 aliphatic heterocycles. The quantitative estimate of drug-likeness (QED) is 0.183. The molecule has 0 radical (unpaired) electrons. The van der Waals surface area contributed by atoms with Crippen molar-refractivity contribution in [1.82, 2.24) is 20.9 Å². The summed E-state index contributed by atoms with van der Waals surface area (Å²) in [6.07, 6.45) is 12.2. The number of nitrogens with two attached hydrogens (primary N) is 2. The minimum Gasteiger partial charge on any atom is -0.387 e. The van der Waals surface area contributed by atoms with Crippen LogP contribution in [-0.2, 0) is 4.79 Å². The molecule has 214 valence electrons. The second-order valence-electron chi connectivity index (χ2n) is 11.4. The highest BCUT2D eigenvalue weighted by atomic mass is 19.1. The van der Waals surface area contributed by atoms with Gasteiger partial charge in [0.25, 0.3) is 0 Å². The molecule has 0 saturated carbocycles. The van der Waals surface area contributed by atoms with Crippen LogP contribution >= 0.6 is 0 Å². The topological polar surface area (TPSA) is 121 Å². The first-order chi connectivity index (χ1) is 18.3. The standard InChI is InChI=1S/C29H50FN7O/c1-4-6-8-9-10-22-26(24(12-15-34-22)37-17-16-33-20-37)36-28(38)25(27(31)32)23-18-29(3,13-7-5-2)14-11-21(30)19-35-23/h11,14,23-25,27,33-34H,4-10,12-13,15-18,20,31-32H2,1-3H3,(H,36,38)/b14-11-. The number of nitrogens with zero attached hydrogens (tertiary/aromatic N) is 2. The van der Waals surface area contributed by atoms with E-state index in [1.807, 2.05) is 6.08 Å². The van der Waals surface area contributed by atoms with E-state index in [4.69, 9.17) is 11.5 Å². The highest BCUT2D eigenvalue weighted by Crippen LogP contribution is 2.36. The van der Waals surface area contributed by atoms with Crippen molar-refractivity contribution in [1.29, 1.82) is 0 Å². The molecular weight excluding hydrogens is 481 g/mol. The molecule has 0 aromatic heterocycles. The monoisotopic (exact) mass is 531 g/mol. The fraction of sp³-hybridized carbons (Fsp3) is 0.759. The Labute approximate surface area is 228 Å². The average molecular weight is 532 g/mol. The predicted molar refractivity (Wildman–Crippen MR) is 153 cm³/mol. The lowest BCUT2D eigenvalue weighted by atomic mass is 9.75. The molecule has 0 aliphatic carbocycles. The zero-order chi connectivity index (χ0) is 27.5. The van der Waals surface area contributed by atoms with Gasteiger partial charge in [-0.2, -0.15) is 4.39 Å². The molecule has 3 aliphatic rings. The molecule has 3 heterocycles. The number of carbonyl (C=O) groups excluding carboxylic acids is 1. The summed E-state index contributed by atoms with van der Waals surface area (Å²) in [5.41, 5.74) is 14.2. The first-order valence-electron chi connectivity index (χ1n) is 14.7. The number of rotatable bonds is 13. The fourth-order valence-electron chi connectivity index (χ4n) is 5.91. The van der Waals surface area contributed by atoms with Crippen molar-refractivity contribution in [2.75, 3.05) is 26.3 Å². The lowest BCUT2D eigenvalue weighted by Gasteiger charge is -2.38. The largest absolute Gasteiger partial charge is 0.387 e. The van der Waals surface area contributed by atoms with Crippen LogP contribution in [0, 0.1) is 11.3 Å². The number of aliphatic imine (C=N–C) groups is 1. The van der Waals surface area contributed by atoms with Gasteiger partial charge in [0.1, 0.15) is 0 Å². The molecule has 0 bridgehead atoms. The molecule has 8 nitrogen and oxygen atoms in total. The lowest BCUT2D eigenvalue weighted by molar-refractivity contribution is -0.126. The van der Waals surface area contributed by atoms with Crippen molar-refractivity contribution in [3.63, 3.8) is 0 Å². The number of allylic oxidation sites excluding steroid dienone is 4. The third kappa shape index (κ3) is 8.48. The summed E-state index contributed by atoms with van der Waals surface area (Å²) in [6, 6.07) is -0.466. The molecule has 38 heavy (non-hydrogen) atoms. The van der Waals surface area contributed by atoms with E-state index in [-0.39, 0.29) is 17.4 Å². The first-order valence-corrected chi connectivity index (χ1v) is 14.7. The van der Waals surface area contributed by atoms with Crippen LogP contribution in [0.25, 0.3) is 0 Å². The van der Waals surface area contributed by atoms with Crippen LogP contribution < -0.4 is 27.4 Å². The number of unbranched alkanes of at least 4 members (excludes halogenated alkanes) is 4. The summed E-state index contributed by atoms with van der Waals surface area (Å²) in [7, 11) is 0. The molecule has 1 fully saturated rings. The highest BCUT2D eigenvalue weighted by Gasteiger charge is 2.39. The van der Waals surface area contributed by atoms with Crippen LogP contribution in [0.5, 0.6) is 0 Å². The van der Waals surface area contributed by atoms with E-state index in [0.29, 0.717) is 6.42 Å². The van der Waals surface area contributed by atoms with Crippen LogP contribution in [0.15, 0.2) is 34.4 Å². The number of carbonyl (C=O) groups is 1. The summed E-state index contributed by atoms with van der Waals surface area (Å²) in [6.45, 7) is 9.98. The van der Waals surface area contributed by atoms with Crippen molar-refractivity contribution in [2.24, 2.45) is 27.8 Å². The van der Waals surface area contributed by atoms with E-state index in [0.717, 1.165) is 82.6 Å². The van der Waals surface area contributed by atoms with E-state index >= 15 is 0 Å². The Kier molecular flexibility index (Phi) is 12.0. The van der Waals surface area contributed by atoms with Crippen molar-refractivity contribution in [3.8, 4) is 0 Å². The van der Waals surface area contributed by atoms with Gasteiger partial charge in [0.05, 0.1) is 29.9 Å². The van der Waals surface area contributed by atoms with Gasteiger partial charge >= 0.3 is 0 Å². The molecule has 7 N–H and O–H groups in total. The lowest BCUT2D eigenvalue weighted by Crippen LogP contribution is -2.55. The number of halogens is 1. The predicted octanol–water partition coefficient (Wildman–Crippen LogP) is 3.42. The maximum atomic E-state index is 14.4.